The number of nitrogens with zero attached hydrogens (tertiary/aromatic N) is 3. The summed E-state index contributed by atoms with van der Waals surface area (Å²) in [5.41, 5.74) is 1.49. The molecule has 0 aliphatic carbocycles. The number of aromatic amines is 1. The van der Waals surface area contributed by atoms with E-state index in [4.69, 9.17) is 14.4 Å². The predicted octanol–water partition coefficient (Wildman–Crippen LogP) is 5.87. The second kappa shape index (κ2) is 11.7. The lowest BCUT2D eigenvalue weighted by molar-refractivity contribution is 0.0696. The van der Waals surface area contributed by atoms with Gasteiger partial charge in [0.1, 0.15) is 17.3 Å². The number of ether oxygens (including phenoxy) is 1. The molecule has 10 heteroatoms. The van der Waals surface area contributed by atoms with Crippen LogP contribution in [0.4, 0.5) is 0 Å². The molecule has 5 aromatic rings. The smallest absolute Gasteiger partial charge is 0.336 e. The number of aromatic nitrogens is 4. The van der Waals surface area contributed by atoms with Crippen LogP contribution in [0.25, 0.3) is 22.8 Å². The second-order valence-corrected chi connectivity index (χ2v) is 8.07. The molecule has 0 atom stereocenters. The number of imidazole rings is 1. The Morgan fingerprint density at radius 3 is 2.37 bits per heavy atom. The van der Waals surface area contributed by atoms with Crippen LogP contribution >= 0.6 is 0 Å². The molecule has 0 saturated heterocycles. The molecule has 3 aromatic carbocycles. The number of nitrogens with one attached hydrogen (secondary N) is 1. The summed E-state index contributed by atoms with van der Waals surface area (Å²) in [4.78, 5) is 33.7. The SMILES string of the molecule is CCc1nc(-c2c(C)cc(C(=O)O)cc2C(=O)O)no1.c1ccc(Oc2cccc(-c3ncc[nH]3)c2)cc1. The molecule has 0 fully saturated rings. The van der Waals surface area contributed by atoms with Crippen LogP contribution in [0.3, 0.4) is 0 Å². The topological polar surface area (TPSA) is 151 Å². The van der Waals surface area contributed by atoms with E-state index in [0.29, 0.717) is 17.9 Å². The van der Waals surface area contributed by atoms with Gasteiger partial charge >= 0.3 is 11.9 Å². The van der Waals surface area contributed by atoms with Crippen molar-refractivity contribution >= 4 is 11.9 Å². The zero-order valence-corrected chi connectivity index (χ0v) is 20.6. The van der Waals surface area contributed by atoms with Crippen LogP contribution in [0.15, 0.2) is 83.6 Å². The summed E-state index contributed by atoms with van der Waals surface area (Å²) in [7, 11) is 0. The third-order valence-corrected chi connectivity index (χ3v) is 5.39. The molecule has 38 heavy (non-hydrogen) atoms. The minimum Gasteiger partial charge on any atom is -0.478 e. The van der Waals surface area contributed by atoms with Crippen molar-refractivity contribution in [2.24, 2.45) is 0 Å². The maximum absolute atomic E-state index is 11.3. The number of carbonyl (C=O) groups is 2. The fourth-order valence-electron chi connectivity index (χ4n) is 3.63. The van der Waals surface area contributed by atoms with Crippen LogP contribution in [0.1, 0.15) is 39.1 Å². The number of benzene rings is 3. The molecular formula is C28H24N4O6. The highest BCUT2D eigenvalue weighted by Crippen LogP contribution is 2.28. The van der Waals surface area contributed by atoms with Gasteiger partial charge in [-0.05, 0) is 48.9 Å². The van der Waals surface area contributed by atoms with E-state index in [1.54, 1.807) is 19.3 Å². The fourth-order valence-corrected chi connectivity index (χ4v) is 3.63. The largest absolute Gasteiger partial charge is 0.478 e. The number of hydrogen-bond donors (Lipinski definition) is 3. The molecule has 192 valence electrons. The van der Waals surface area contributed by atoms with E-state index in [1.807, 2.05) is 61.5 Å². The van der Waals surface area contributed by atoms with Crippen LogP contribution in [-0.4, -0.2) is 42.3 Å². The highest BCUT2D eigenvalue weighted by molar-refractivity contribution is 5.99. The number of carboxylic acid groups (broad SMARTS) is 2. The van der Waals surface area contributed by atoms with E-state index in [1.165, 1.54) is 6.07 Å². The highest BCUT2D eigenvalue weighted by Gasteiger charge is 2.21. The molecule has 5 rings (SSSR count). The number of rotatable bonds is 7. The lowest BCUT2D eigenvalue weighted by atomic mass is 9.98. The first-order chi connectivity index (χ1) is 18.4. The number of para-hydroxylation sites is 1. The van der Waals surface area contributed by atoms with Crippen molar-refractivity contribution in [1.29, 1.82) is 0 Å². The number of carboxylic acids is 2. The Morgan fingerprint density at radius 1 is 0.974 bits per heavy atom. The van der Waals surface area contributed by atoms with Gasteiger partial charge in [-0.15, -0.1) is 0 Å². The minimum absolute atomic E-state index is 0.0946. The number of H-pyrrole nitrogens is 1. The summed E-state index contributed by atoms with van der Waals surface area (Å²) in [5, 5.41) is 22.0. The Balaban J connectivity index is 0.000000178. The first-order valence-corrected chi connectivity index (χ1v) is 11.6. The normalized spacial score (nSPS) is 10.4. The third kappa shape index (κ3) is 6.11. The molecular weight excluding hydrogens is 488 g/mol. The molecule has 0 saturated carbocycles. The summed E-state index contributed by atoms with van der Waals surface area (Å²) in [6, 6.07) is 20.0. The van der Waals surface area contributed by atoms with Crippen LogP contribution in [0.5, 0.6) is 11.5 Å². The van der Waals surface area contributed by atoms with Gasteiger partial charge in [-0.1, -0.05) is 42.4 Å². The zero-order valence-electron chi connectivity index (χ0n) is 20.6. The predicted molar refractivity (Wildman–Crippen MR) is 138 cm³/mol. The van der Waals surface area contributed by atoms with Gasteiger partial charge < -0.3 is 24.5 Å². The van der Waals surface area contributed by atoms with Gasteiger partial charge in [-0.25, -0.2) is 14.6 Å². The van der Waals surface area contributed by atoms with Crippen molar-refractivity contribution in [3.05, 3.63) is 102 Å². The molecule has 0 radical (unpaired) electrons. The van der Waals surface area contributed by atoms with Gasteiger partial charge in [0.2, 0.25) is 11.7 Å². The number of aromatic carboxylic acids is 2. The highest BCUT2D eigenvalue weighted by atomic mass is 16.5. The lowest BCUT2D eigenvalue weighted by Crippen LogP contribution is -2.07. The molecule has 0 unspecified atom stereocenters. The summed E-state index contributed by atoms with van der Waals surface area (Å²) < 4.78 is 10.7. The van der Waals surface area contributed by atoms with Crippen LogP contribution < -0.4 is 4.74 Å². The maximum Gasteiger partial charge on any atom is 0.336 e. The molecule has 2 aromatic heterocycles. The van der Waals surface area contributed by atoms with Gasteiger partial charge in [0.05, 0.1) is 11.1 Å². The van der Waals surface area contributed by atoms with Crippen molar-refractivity contribution in [2.75, 3.05) is 0 Å². The van der Waals surface area contributed by atoms with Gasteiger partial charge in [-0.3, -0.25) is 0 Å². The van der Waals surface area contributed by atoms with E-state index in [0.717, 1.165) is 29.0 Å². The van der Waals surface area contributed by atoms with E-state index in [9.17, 15) is 14.7 Å². The quantitative estimate of drug-likeness (QED) is 0.243. The van der Waals surface area contributed by atoms with E-state index >= 15 is 0 Å². The monoisotopic (exact) mass is 512 g/mol. The van der Waals surface area contributed by atoms with E-state index in [2.05, 4.69) is 20.1 Å². The Kier molecular flexibility index (Phi) is 7.92. The zero-order chi connectivity index (χ0) is 27.1. The minimum atomic E-state index is -1.24. The molecule has 0 aliphatic heterocycles. The van der Waals surface area contributed by atoms with Gasteiger partial charge in [0, 0.05) is 29.9 Å². The van der Waals surface area contributed by atoms with E-state index in [-0.39, 0.29) is 22.5 Å². The Labute approximate surface area is 217 Å². The van der Waals surface area contributed by atoms with Gasteiger partial charge in [0.25, 0.3) is 0 Å². The maximum atomic E-state index is 11.3. The van der Waals surface area contributed by atoms with Crippen LogP contribution in [0.2, 0.25) is 0 Å². The van der Waals surface area contributed by atoms with Crippen LogP contribution in [0, 0.1) is 6.92 Å². The molecule has 10 nitrogen and oxygen atoms in total. The third-order valence-electron chi connectivity index (χ3n) is 5.39. The summed E-state index contributed by atoms with van der Waals surface area (Å²) in [6.45, 7) is 3.44. The van der Waals surface area contributed by atoms with E-state index < -0.39 is 11.9 Å². The Morgan fingerprint density at radius 2 is 1.74 bits per heavy atom. The average molecular weight is 513 g/mol. The first-order valence-electron chi connectivity index (χ1n) is 11.6. The summed E-state index contributed by atoms with van der Waals surface area (Å²) in [5.74, 6) is 0.572. The number of hydrogen-bond acceptors (Lipinski definition) is 7. The van der Waals surface area contributed by atoms with Crippen molar-refractivity contribution < 1.29 is 29.1 Å². The van der Waals surface area contributed by atoms with Gasteiger partial charge in [-0.2, -0.15) is 4.98 Å². The molecule has 3 N–H and O–H groups in total. The average Bonchev–Trinajstić information content (AvgIpc) is 3.62. The first kappa shape index (κ1) is 25.8. The van der Waals surface area contributed by atoms with Gasteiger partial charge in [0.15, 0.2) is 0 Å². The van der Waals surface area contributed by atoms with Crippen molar-refractivity contribution in [3.8, 4) is 34.3 Å². The molecule has 0 bridgehead atoms. The van der Waals surface area contributed by atoms with Crippen molar-refractivity contribution in [2.45, 2.75) is 20.3 Å². The fraction of sp³-hybridized carbons (Fsp3) is 0.107. The summed E-state index contributed by atoms with van der Waals surface area (Å²) in [6.07, 6.45) is 4.07. The molecule has 0 aliphatic rings. The molecule has 0 amide bonds. The Hall–Kier alpha value is -5.25. The van der Waals surface area contributed by atoms with Crippen molar-refractivity contribution in [3.63, 3.8) is 0 Å². The summed E-state index contributed by atoms with van der Waals surface area (Å²) >= 11 is 0. The molecule has 0 spiro atoms. The second-order valence-electron chi connectivity index (χ2n) is 8.07. The van der Waals surface area contributed by atoms with Crippen molar-refractivity contribution in [1.82, 2.24) is 20.1 Å². The standard InChI is InChI=1S/C15H12N2O.C13H12N2O5/c1-2-6-13(7-3-1)18-14-8-4-5-12(11-14)15-16-9-10-17-15;1-3-9-14-11(15-20-9)10-6(2)4-7(12(16)17)5-8(10)13(18)19/h1-11H,(H,16,17);4-5H,3H2,1-2H3,(H,16,17)(H,18,19). The Bertz CT molecular complexity index is 1550. The lowest BCUT2D eigenvalue weighted by Gasteiger charge is -2.07. The number of aryl methyl sites for hydroxylation is 2. The van der Waals surface area contributed by atoms with Crippen LogP contribution in [-0.2, 0) is 6.42 Å². The molecule has 2 heterocycles.